The molecule has 0 radical (unpaired) electrons. The van der Waals surface area contributed by atoms with Crippen LogP contribution in [0.15, 0.2) is 23.6 Å². The van der Waals surface area contributed by atoms with E-state index in [1.807, 2.05) is 6.07 Å². The van der Waals surface area contributed by atoms with E-state index >= 15 is 0 Å². The smallest absolute Gasteiger partial charge is 0.131 e. The molecule has 20 heavy (non-hydrogen) atoms. The van der Waals surface area contributed by atoms with Crippen molar-refractivity contribution in [2.75, 3.05) is 0 Å². The lowest BCUT2D eigenvalue weighted by atomic mass is 9.88. The molecule has 0 fully saturated rings. The molecule has 0 spiro atoms. The summed E-state index contributed by atoms with van der Waals surface area (Å²) in [5, 5.41) is 3.24. The van der Waals surface area contributed by atoms with E-state index < -0.39 is 0 Å². The Hall–Kier alpha value is -1.39. The van der Waals surface area contributed by atoms with Gasteiger partial charge in [-0.3, -0.25) is 0 Å². The first kappa shape index (κ1) is 13.6. The number of fused-ring (bicyclic) bond motifs is 1. The van der Waals surface area contributed by atoms with Crippen molar-refractivity contribution in [3.63, 3.8) is 0 Å². The van der Waals surface area contributed by atoms with Gasteiger partial charge >= 0.3 is 0 Å². The predicted octanol–water partition coefficient (Wildman–Crippen LogP) is 3.62. The number of thiazole rings is 1. The molecule has 0 saturated heterocycles. The molecule has 0 aliphatic heterocycles. The first-order chi connectivity index (χ1) is 9.76. The van der Waals surface area contributed by atoms with Gasteiger partial charge in [0.2, 0.25) is 0 Å². The van der Waals surface area contributed by atoms with Crippen molar-refractivity contribution >= 4 is 11.3 Å². The third-order valence-electron chi connectivity index (χ3n) is 3.77. The zero-order valence-electron chi connectivity index (χ0n) is 11.8. The van der Waals surface area contributed by atoms with Crippen molar-refractivity contribution in [1.29, 1.82) is 0 Å². The molecular formula is C16H20N2OS. The molecule has 106 valence electrons. The van der Waals surface area contributed by atoms with Crippen LogP contribution in [-0.2, 0) is 19.4 Å². The summed E-state index contributed by atoms with van der Waals surface area (Å²) in [5.41, 5.74) is 9.81. The third-order valence-corrected chi connectivity index (χ3v) is 4.81. The Morgan fingerprint density at radius 3 is 3.15 bits per heavy atom. The highest BCUT2D eigenvalue weighted by molar-refractivity contribution is 7.09. The molecule has 0 saturated carbocycles. The largest absolute Gasteiger partial charge is 0.487 e. The Bertz CT molecular complexity index is 594. The Labute approximate surface area is 123 Å². The fourth-order valence-corrected chi connectivity index (χ4v) is 3.37. The second kappa shape index (κ2) is 5.94. The summed E-state index contributed by atoms with van der Waals surface area (Å²) in [7, 11) is 0. The Morgan fingerprint density at radius 1 is 1.45 bits per heavy atom. The van der Waals surface area contributed by atoms with E-state index in [2.05, 4.69) is 29.4 Å². The fourth-order valence-electron chi connectivity index (χ4n) is 2.64. The molecule has 1 atom stereocenters. The zero-order valence-corrected chi connectivity index (χ0v) is 12.6. The lowest BCUT2D eigenvalue weighted by Gasteiger charge is -2.22. The van der Waals surface area contributed by atoms with E-state index in [1.165, 1.54) is 17.5 Å². The molecule has 3 nitrogen and oxygen atoms in total. The fraction of sp³-hybridized carbons (Fsp3) is 0.438. The number of benzene rings is 1. The maximum Gasteiger partial charge on any atom is 0.131 e. The summed E-state index contributed by atoms with van der Waals surface area (Å²) in [6.07, 6.45) is 4.38. The maximum absolute atomic E-state index is 6.18. The predicted molar refractivity (Wildman–Crippen MR) is 82.1 cm³/mol. The number of aromatic nitrogens is 1. The zero-order chi connectivity index (χ0) is 13.9. The summed E-state index contributed by atoms with van der Waals surface area (Å²) in [6, 6.07) is 6.46. The van der Waals surface area contributed by atoms with Gasteiger partial charge in [-0.2, -0.15) is 0 Å². The van der Waals surface area contributed by atoms with Gasteiger partial charge in [-0.25, -0.2) is 4.98 Å². The van der Waals surface area contributed by atoms with Crippen LogP contribution in [0.4, 0.5) is 0 Å². The van der Waals surface area contributed by atoms with Gasteiger partial charge in [0.25, 0.3) is 0 Å². The summed E-state index contributed by atoms with van der Waals surface area (Å²) in [6.45, 7) is 2.65. The van der Waals surface area contributed by atoms with Gasteiger partial charge in [0, 0.05) is 11.4 Å². The van der Waals surface area contributed by atoms with Crippen LogP contribution in [0.25, 0.3) is 0 Å². The van der Waals surface area contributed by atoms with E-state index in [1.54, 1.807) is 11.3 Å². The highest BCUT2D eigenvalue weighted by Crippen LogP contribution is 2.31. The first-order valence-corrected chi connectivity index (χ1v) is 8.08. The van der Waals surface area contributed by atoms with Crippen LogP contribution in [0.3, 0.4) is 0 Å². The standard InChI is InChI=1S/C16H20N2OS/c1-2-16-18-12(10-20-16)9-19-13-7-6-11-4-3-5-15(17)14(11)8-13/h6-8,10,15H,2-5,9,17H2,1H3. The van der Waals surface area contributed by atoms with Crippen molar-refractivity contribution in [3.05, 3.63) is 45.4 Å². The number of hydrogen-bond donors (Lipinski definition) is 1. The minimum absolute atomic E-state index is 0.160. The molecule has 1 heterocycles. The van der Waals surface area contributed by atoms with E-state index in [4.69, 9.17) is 10.5 Å². The van der Waals surface area contributed by atoms with Crippen LogP contribution < -0.4 is 10.5 Å². The van der Waals surface area contributed by atoms with Gasteiger partial charge in [-0.1, -0.05) is 13.0 Å². The quantitative estimate of drug-likeness (QED) is 0.934. The van der Waals surface area contributed by atoms with Gasteiger partial charge in [0.1, 0.15) is 12.4 Å². The molecule has 3 rings (SSSR count). The molecule has 1 aromatic heterocycles. The number of ether oxygens (including phenoxy) is 1. The number of hydrogen-bond acceptors (Lipinski definition) is 4. The topological polar surface area (TPSA) is 48.1 Å². The molecule has 4 heteroatoms. The van der Waals surface area contributed by atoms with Crippen LogP contribution in [-0.4, -0.2) is 4.98 Å². The van der Waals surface area contributed by atoms with E-state index in [0.29, 0.717) is 6.61 Å². The van der Waals surface area contributed by atoms with Gasteiger partial charge < -0.3 is 10.5 Å². The van der Waals surface area contributed by atoms with E-state index in [9.17, 15) is 0 Å². The minimum atomic E-state index is 0.160. The number of aryl methyl sites for hydroxylation is 2. The number of rotatable bonds is 4. The number of nitrogens with two attached hydrogens (primary N) is 1. The minimum Gasteiger partial charge on any atom is -0.487 e. The first-order valence-electron chi connectivity index (χ1n) is 7.20. The monoisotopic (exact) mass is 288 g/mol. The van der Waals surface area contributed by atoms with Crippen molar-refractivity contribution in [1.82, 2.24) is 4.98 Å². The third kappa shape index (κ3) is 2.86. The average Bonchev–Trinajstić information content (AvgIpc) is 2.94. The molecular weight excluding hydrogens is 268 g/mol. The van der Waals surface area contributed by atoms with Crippen molar-refractivity contribution < 1.29 is 4.74 Å². The van der Waals surface area contributed by atoms with Gasteiger partial charge in [-0.05, 0) is 48.9 Å². The summed E-state index contributed by atoms with van der Waals surface area (Å²) >= 11 is 1.70. The summed E-state index contributed by atoms with van der Waals surface area (Å²) in [4.78, 5) is 4.52. The van der Waals surface area contributed by atoms with Crippen molar-refractivity contribution in [2.45, 2.75) is 45.3 Å². The van der Waals surface area contributed by atoms with E-state index in [-0.39, 0.29) is 6.04 Å². The molecule has 1 aromatic carbocycles. The van der Waals surface area contributed by atoms with Gasteiger partial charge in [-0.15, -0.1) is 11.3 Å². The lowest BCUT2D eigenvalue weighted by molar-refractivity contribution is 0.301. The lowest BCUT2D eigenvalue weighted by Crippen LogP contribution is -2.17. The molecule has 1 aliphatic rings. The Kier molecular flexibility index (Phi) is 4.03. The van der Waals surface area contributed by atoms with Gasteiger partial charge in [0.05, 0.1) is 10.7 Å². The molecule has 2 N–H and O–H groups in total. The van der Waals surface area contributed by atoms with Crippen molar-refractivity contribution in [3.8, 4) is 5.75 Å². The Morgan fingerprint density at radius 2 is 2.35 bits per heavy atom. The SMILES string of the molecule is CCc1nc(COc2ccc3c(c2)C(N)CCC3)cs1. The molecule has 1 aliphatic carbocycles. The number of nitrogens with zero attached hydrogens (tertiary/aromatic N) is 1. The van der Waals surface area contributed by atoms with Crippen LogP contribution >= 0.6 is 11.3 Å². The molecule has 0 bridgehead atoms. The normalized spacial score (nSPS) is 17.8. The van der Waals surface area contributed by atoms with Crippen LogP contribution in [0.2, 0.25) is 0 Å². The average molecular weight is 288 g/mol. The van der Waals surface area contributed by atoms with Crippen molar-refractivity contribution in [2.24, 2.45) is 5.73 Å². The van der Waals surface area contributed by atoms with E-state index in [0.717, 1.165) is 35.7 Å². The summed E-state index contributed by atoms with van der Waals surface area (Å²) in [5.74, 6) is 0.896. The van der Waals surface area contributed by atoms with Crippen LogP contribution in [0.5, 0.6) is 5.75 Å². The van der Waals surface area contributed by atoms with Gasteiger partial charge in [0.15, 0.2) is 0 Å². The second-order valence-corrected chi connectivity index (χ2v) is 6.18. The maximum atomic E-state index is 6.18. The summed E-state index contributed by atoms with van der Waals surface area (Å²) < 4.78 is 5.85. The molecule has 2 aromatic rings. The Balaban J connectivity index is 1.70. The molecule has 1 unspecified atom stereocenters. The highest BCUT2D eigenvalue weighted by Gasteiger charge is 2.17. The highest BCUT2D eigenvalue weighted by atomic mass is 32.1. The second-order valence-electron chi connectivity index (χ2n) is 5.23. The molecule has 0 amide bonds. The van der Waals surface area contributed by atoms with Crippen LogP contribution in [0, 0.1) is 0 Å². The van der Waals surface area contributed by atoms with Crippen LogP contribution in [0.1, 0.15) is 47.6 Å².